The lowest BCUT2D eigenvalue weighted by atomic mass is 10.3. The van der Waals surface area contributed by atoms with Crippen LogP contribution < -0.4 is 5.73 Å². The van der Waals surface area contributed by atoms with Crippen molar-refractivity contribution in [1.29, 1.82) is 0 Å². The van der Waals surface area contributed by atoms with E-state index in [2.05, 4.69) is 14.7 Å². The molecule has 2 N–H and O–H groups in total. The number of aromatic nitrogens is 3. The molecule has 0 spiro atoms. The Morgan fingerprint density at radius 1 is 1.56 bits per heavy atom. The minimum absolute atomic E-state index is 0.0605. The van der Waals surface area contributed by atoms with Crippen molar-refractivity contribution >= 4 is 23.1 Å². The van der Waals surface area contributed by atoms with E-state index in [9.17, 15) is 4.79 Å². The number of carbonyl (C=O) groups excluding carboxylic acids is 1. The number of hydrogen-bond donors (Lipinski definition) is 1. The van der Waals surface area contributed by atoms with Gasteiger partial charge in [0, 0.05) is 11.1 Å². The first-order chi connectivity index (χ1) is 8.54. The maximum atomic E-state index is 11.4. The van der Waals surface area contributed by atoms with E-state index in [1.54, 1.807) is 15.9 Å². The maximum Gasteiger partial charge on any atom is 0.360 e. The number of methoxy groups -OCH3 is 1. The zero-order chi connectivity index (χ0) is 13.3. The molecular formula is C11H14N4O2S. The average Bonchev–Trinajstić information content (AvgIpc) is 2.94. The molecule has 0 amide bonds. The molecule has 18 heavy (non-hydrogen) atoms. The molecule has 2 rings (SSSR count). The Hall–Kier alpha value is -1.89. The molecule has 2 heterocycles. The fourth-order valence-corrected chi connectivity index (χ4v) is 2.44. The second-order valence-corrected chi connectivity index (χ2v) is 5.13. The number of thiazole rings is 1. The molecular weight excluding hydrogens is 252 g/mol. The molecule has 0 radical (unpaired) electrons. The molecule has 0 bridgehead atoms. The summed E-state index contributed by atoms with van der Waals surface area (Å²) in [5, 5.41) is 0.924. The second kappa shape index (κ2) is 4.77. The Kier molecular flexibility index (Phi) is 3.33. The van der Waals surface area contributed by atoms with Gasteiger partial charge in [0.25, 0.3) is 0 Å². The maximum absolute atomic E-state index is 11.4. The summed E-state index contributed by atoms with van der Waals surface area (Å²) >= 11 is 1.59. The SMILES string of the molecule is COC(=O)c1ncn(C(C)c2ncc(C)s2)c1N. The molecule has 1 unspecified atom stereocenters. The number of imidazole rings is 1. The van der Waals surface area contributed by atoms with Crippen LogP contribution >= 0.6 is 11.3 Å². The summed E-state index contributed by atoms with van der Waals surface area (Å²) in [7, 11) is 1.30. The normalized spacial score (nSPS) is 12.4. The van der Waals surface area contributed by atoms with E-state index in [-0.39, 0.29) is 11.7 Å². The third kappa shape index (κ3) is 2.08. The molecule has 0 aliphatic carbocycles. The number of carbonyl (C=O) groups is 1. The van der Waals surface area contributed by atoms with Crippen LogP contribution in [-0.4, -0.2) is 27.6 Å². The first-order valence-electron chi connectivity index (χ1n) is 5.37. The summed E-state index contributed by atoms with van der Waals surface area (Å²) in [6.45, 7) is 3.95. The smallest absolute Gasteiger partial charge is 0.360 e. The number of esters is 1. The van der Waals surface area contributed by atoms with E-state index in [1.807, 2.05) is 20.0 Å². The van der Waals surface area contributed by atoms with Gasteiger partial charge in [0.15, 0.2) is 5.69 Å². The summed E-state index contributed by atoms with van der Waals surface area (Å²) in [5.74, 6) is -0.240. The molecule has 0 saturated carbocycles. The number of nitrogen functional groups attached to an aromatic ring is 1. The molecule has 0 aliphatic rings. The Morgan fingerprint density at radius 3 is 2.83 bits per heavy atom. The van der Waals surface area contributed by atoms with Crippen LogP contribution in [0.15, 0.2) is 12.5 Å². The van der Waals surface area contributed by atoms with Gasteiger partial charge in [-0.25, -0.2) is 14.8 Å². The van der Waals surface area contributed by atoms with Gasteiger partial charge in [-0.2, -0.15) is 0 Å². The first kappa shape index (κ1) is 12.6. The van der Waals surface area contributed by atoms with Crippen molar-refractivity contribution in [3.63, 3.8) is 0 Å². The van der Waals surface area contributed by atoms with Gasteiger partial charge >= 0.3 is 5.97 Å². The van der Waals surface area contributed by atoms with E-state index in [1.165, 1.54) is 13.4 Å². The van der Waals surface area contributed by atoms with E-state index in [0.717, 1.165) is 9.88 Å². The van der Waals surface area contributed by atoms with Crippen molar-refractivity contribution in [1.82, 2.24) is 14.5 Å². The number of anilines is 1. The van der Waals surface area contributed by atoms with Crippen LogP contribution in [0.5, 0.6) is 0 Å². The van der Waals surface area contributed by atoms with Crippen molar-refractivity contribution in [2.45, 2.75) is 19.9 Å². The molecule has 96 valence electrons. The van der Waals surface area contributed by atoms with Crippen molar-refractivity contribution in [3.05, 3.63) is 28.1 Å². The second-order valence-electron chi connectivity index (χ2n) is 3.86. The lowest BCUT2D eigenvalue weighted by molar-refractivity contribution is 0.0596. The fourth-order valence-electron chi connectivity index (χ4n) is 1.62. The highest BCUT2D eigenvalue weighted by atomic mass is 32.1. The minimum Gasteiger partial charge on any atom is -0.464 e. The van der Waals surface area contributed by atoms with Gasteiger partial charge in [-0.3, -0.25) is 0 Å². The Balaban J connectivity index is 2.34. The number of nitrogens with zero attached hydrogens (tertiary/aromatic N) is 3. The van der Waals surface area contributed by atoms with Crippen molar-refractivity contribution in [2.75, 3.05) is 12.8 Å². The van der Waals surface area contributed by atoms with Crippen LogP contribution in [0.25, 0.3) is 0 Å². The van der Waals surface area contributed by atoms with Crippen LogP contribution in [0.2, 0.25) is 0 Å². The van der Waals surface area contributed by atoms with E-state index < -0.39 is 5.97 Å². The number of aryl methyl sites for hydroxylation is 1. The van der Waals surface area contributed by atoms with E-state index in [0.29, 0.717) is 5.82 Å². The van der Waals surface area contributed by atoms with Gasteiger partial charge in [0.05, 0.1) is 19.5 Å². The van der Waals surface area contributed by atoms with Crippen LogP contribution in [0, 0.1) is 6.92 Å². The predicted molar refractivity (Wildman–Crippen MR) is 68.6 cm³/mol. The third-order valence-electron chi connectivity index (χ3n) is 2.62. The van der Waals surface area contributed by atoms with Crippen LogP contribution in [-0.2, 0) is 4.74 Å². The summed E-state index contributed by atoms with van der Waals surface area (Å²) < 4.78 is 6.33. The number of rotatable bonds is 3. The number of nitrogens with two attached hydrogens (primary N) is 1. The van der Waals surface area contributed by atoms with Crippen LogP contribution in [0.4, 0.5) is 5.82 Å². The molecule has 2 aromatic rings. The van der Waals surface area contributed by atoms with E-state index >= 15 is 0 Å². The minimum atomic E-state index is -0.534. The molecule has 1 atom stereocenters. The van der Waals surface area contributed by atoms with Crippen molar-refractivity contribution in [3.8, 4) is 0 Å². The summed E-state index contributed by atoms with van der Waals surface area (Å²) in [4.78, 5) is 20.8. The third-order valence-corrected chi connectivity index (χ3v) is 3.71. The summed E-state index contributed by atoms with van der Waals surface area (Å²) in [5.41, 5.74) is 6.04. The monoisotopic (exact) mass is 266 g/mol. The Bertz CT molecular complexity index is 575. The molecule has 7 heteroatoms. The zero-order valence-corrected chi connectivity index (χ0v) is 11.2. The van der Waals surface area contributed by atoms with Crippen LogP contribution in [0.3, 0.4) is 0 Å². The summed E-state index contributed by atoms with van der Waals surface area (Å²) in [6.07, 6.45) is 3.34. The standard InChI is InChI=1S/C11H14N4O2S/c1-6-4-13-10(18-6)7(2)15-5-14-8(9(15)12)11(16)17-3/h4-5,7H,12H2,1-3H3. The molecule has 0 fully saturated rings. The van der Waals surface area contributed by atoms with Gasteiger partial charge in [-0.1, -0.05) is 0 Å². The topological polar surface area (TPSA) is 83.0 Å². The highest BCUT2D eigenvalue weighted by Gasteiger charge is 2.20. The largest absolute Gasteiger partial charge is 0.464 e. The van der Waals surface area contributed by atoms with Gasteiger partial charge in [-0.05, 0) is 13.8 Å². The first-order valence-corrected chi connectivity index (χ1v) is 6.19. The molecule has 0 aliphatic heterocycles. The highest BCUT2D eigenvalue weighted by Crippen LogP contribution is 2.26. The Labute approximate surface area is 108 Å². The predicted octanol–water partition coefficient (Wildman–Crippen LogP) is 1.63. The van der Waals surface area contributed by atoms with Crippen molar-refractivity contribution in [2.24, 2.45) is 0 Å². The van der Waals surface area contributed by atoms with Gasteiger partial charge < -0.3 is 15.0 Å². The van der Waals surface area contributed by atoms with Gasteiger partial charge in [0.1, 0.15) is 10.8 Å². The molecule has 0 aromatic carbocycles. The Morgan fingerprint density at radius 2 is 2.28 bits per heavy atom. The van der Waals surface area contributed by atoms with Crippen molar-refractivity contribution < 1.29 is 9.53 Å². The summed E-state index contributed by atoms with van der Waals surface area (Å²) in [6, 6.07) is -0.0605. The molecule has 6 nitrogen and oxygen atoms in total. The number of hydrogen-bond acceptors (Lipinski definition) is 6. The number of ether oxygens (including phenoxy) is 1. The average molecular weight is 266 g/mol. The molecule has 0 saturated heterocycles. The van der Waals surface area contributed by atoms with Gasteiger partial charge in [0.2, 0.25) is 0 Å². The quantitative estimate of drug-likeness (QED) is 0.854. The zero-order valence-electron chi connectivity index (χ0n) is 10.4. The highest BCUT2D eigenvalue weighted by molar-refractivity contribution is 7.11. The van der Waals surface area contributed by atoms with E-state index in [4.69, 9.17) is 5.73 Å². The lowest BCUT2D eigenvalue weighted by Gasteiger charge is -2.11. The molecule has 2 aromatic heterocycles. The van der Waals surface area contributed by atoms with Crippen LogP contribution in [0.1, 0.15) is 33.3 Å². The van der Waals surface area contributed by atoms with Gasteiger partial charge in [-0.15, -0.1) is 11.3 Å². The fraction of sp³-hybridized carbons (Fsp3) is 0.364. The lowest BCUT2D eigenvalue weighted by Crippen LogP contribution is -2.11.